The summed E-state index contributed by atoms with van der Waals surface area (Å²) in [6.07, 6.45) is 3.16. The minimum absolute atomic E-state index is 0.405. The Morgan fingerprint density at radius 1 is 1.78 bits per heavy atom. The average Bonchev–Trinajstić information content (AvgIpc) is 2.15. The Hall–Kier alpha value is -0.0800. The zero-order valence-corrected chi connectivity index (χ0v) is 5.93. The van der Waals surface area contributed by atoms with Crippen LogP contribution < -0.4 is 5.73 Å². The maximum atomic E-state index is 9.64. The third-order valence-electron chi connectivity index (χ3n) is 2.52. The van der Waals surface area contributed by atoms with Gasteiger partial charge >= 0.3 is 0 Å². The molecule has 2 heteroatoms. The fourth-order valence-corrected chi connectivity index (χ4v) is 1.53. The van der Waals surface area contributed by atoms with Crippen LogP contribution in [0.5, 0.6) is 0 Å². The van der Waals surface area contributed by atoms with Gasteiger partial charge in [-0.25, -0.2) is 0 Å². The highest BCUT2D eigenvalue weighted by Gasteiger charge is 2.36. The molecule has 0 bridgehead atoms. The zero-order valence-electron chi connectivity index (χ0n) is 5.93. The van der Waals surface area contributed by atoms with Gasteiger partial charge in [-0.15, -0.1) is 0 Å². The molecule has 1 rings (SSSR count). The van der Waals surface area contributed by atoms with Gasteiger partial charge in [-0.3, -0.25) is 0 Å². The number of rotatable bonds is 1. The van der Waals surface area contributed by atoms with Gasteiger partial charge in [-0.1, -0.05) is 13.3 Å². The molecule has 0 aromatic heterocycles. The van der Waals surface area contributed by atoms with E-state index in [1.54, 1.807) is 0 Å². The van der Waals surface area contributed by atoms with E-state index in [4.69, 9.17) is 5.73 Å². The van der Waals surface area contributed by atoms with Gasteiger partial charge in [0, 0.05) is 6.54 Å². The van der Waals surface area contributed by atoms with Crippen molar-refractivity contribution in [1.29, 1.82) is 0 Å². The van der Waals surface area contributed by atoms with E-state index in [1.165, 1.54) is 0 Å². The summed E-state index contributed by atoms with van der Waals surface area (Å²) in [5.41, 5.74) is 4.88. The summed E-state index contributed by atoms with van der Waals surface area (Å²) in [6.45, 7) is 2.49. The largest absolute Gasteiger partial charge is 0.388 e. The van der Waals surface area contributed by atoms with Gasteiger partial charge in [0.1, 0.15) is 0 Å². The lowest BCUT2D eigenvalue weighted by Gasteiger charge is -2.25. The number of nitrogens with two attached hydrogens (primary N) is 1. The fourth-order valence-electron chi connectivity index (χ4n) is 1.53. The molecule has 54 valence electrons. The van der Waals surface area contributed by atoms with Gasteiger partial charge in [0.15, 0.2) is 0 Å². The molecule has 1 saturated carbocycles. The second kappa shape index (κ2) is 2.27. The summed E-state index contributed by atoms with van der Waals surface area (Å²) in [6, 6.07) is 0. The van der Waals surface area contributed by atoms with E-state index < -0.39 is 5.60 Å². The van der Waals surface area contributed by atoms with Crippen LogP contribution in [0.25, 0.3) is 0 Å². The second-order valence-electron chi connectivity index (χ2n) is 3.10. The monoisotopic (exact) mass is 129 g/mol. The quantitative estimate of drug-likeness (QED) is 0.541. The minimum atomic E-state index is -0.528. The van der Waals surface area contributed by atoms with Crippen molar-refractivity contribution in [3.05, 3.63) is 0 Å². The van der Waals surface area contributed by atoms with Crippen molar-refractivity contribution < 1.29 is 5.11 Å². The summed E-state index contributed by atoms with van der Waals surface area (Å²) < 4.78 is 0. The molecule has 1 fully saturated rings. The van der Waals surface area contributed by atoms with Gasteiger partial charge in [0.25, 0.3) is 0 Å². The van der Waals surface area contributed by atoms with Crippen molar-refractivity contribution in [2.45, 2.75) is 31.8 Å². The molecule has 2 unspecified atom stereocenters. The molecule has 0 aromatic carbocycles. The Bertz CT molecular complexity index is 105. The van der Waals surface area contributed by atoms with E-state index in [1.807, 2.05) is 0 Å². The van der Waals surface area contributed by atoms with Crippen molar-refractivity contribution in [2.75, 3.05) is 6.54 Å². The molecule has 2 atom stereocenters. The van der Waals surface area contributed by atoms with Crippen LogP contribution in [0.4, 0.5) is 0 Å². The van der Waals surface area contributed by atoms with Crippen LogP contribution in [-0.4, -0.2) is 17.3 Å². The first-order valence-electron chi connectivity index (χ1n) is 3.61. The first kappa shape index (κ1) is 7.03. The molecule has 0 spiro atoms. The lowest BCUT2D eigenvalue weighted by atomic mass is 9.93. The van der Waals surface area contributed by atoms with Crippen LogP contribution in [0.3, 0.4) is 0 Å². The molecule has 9 heavy (non-hydrogen) atoms. The Labute approximate surface area is 56.1 Å². The van der Waals surface area contributed by atoms with E-state index in [9.17, 15) is 5.11 Å². The third-order valence-corrected chi connectivity index (χ3v) is 2.52. The highest BCUT2D eigenvalue weighted by molar-refractivity contribution is 4.90. The van der Waals surface area contributed by atoms with Crippen molar-refractivity contribution >= 4 is 0 Å². The maximum absolute atomic E-state index is 9.64. The van der Waals surface area contributed by atoms with Crippen molar-refractivity contribution in [2.24, 2.45) is 11.7 Å². The normalized spacial score (nSPS) is 43.7. The maximum Gasteiger partial charge on any atom is 0.0794 e. The van der Waals surface area contributed by atoms with Gasteiger partial charge in [-0.2, -0.15) is 0 Å². The lowest BCUT2D eigenvalue weighted by molar-refractivity contribution is 0.0182. The molecular formula is C7H15NO. The van der Waals surface area contributed by atoms with Crippen LogP contribution in [-0.2, 0) is 0 Å². The number of hydrogen-bond donors (Lipinski definition) is 2. The molecular weight excluding hydrogens is 114 g/mol. The molecule has 0 amide bonds. The average molecular weight is 129 g/mol. The van der Waals surface area contributed by atoms with Gasteiger partial charge in [0.05, 0.1) is 5.60 Å². The fraction of sp³-hybridized carbons (Fsp3) is 1.00. The predicted octanol–water partition coefficient (Wildman–Crippen LogP) is 0.496. The van der Waals surface area contributed by atoms with E-state index in [0.717, 1.165) is 19.3 Å². The standard InChI is InChI=1S/C7H15NO/c1-6-3-2-4-7(6,9)5-8/h6,9H,2-5,8H2,1H3. The summed E-state index contributed by atoms with van der Waals surface area (Å²) in [5, 5.41) is 9.64. The topological polar surface area (TPSA) is 46.2 Å². The van der Waals surface area contributed by atoms with E-state index >= 15 is 0 Å². The Balaban J connectivity index is 2.56. The van der Waals surface area contributed by atoms with Crippen LogP contribution in [0.15, 0.2) is 0 Å². The first-order chi connectivity index (χ1) is 4.19. The van der Waals surface area contributed by atoms with Crippen LogP contribution in [0.2, 0.25) is 0 Å². The number of aliphatic hydroxyl groups is 1. The highest BCUT2D eigenvalue weighted by atomic mass is 16.3. The molecule has 3 N–H and O–H groups in total. The summed E-state index contributed by atoms with van der Waals surface area (Å²) in [5.74, 6) is 0.405. The van der Waals surface area contributed by atoms with Crippen LogP contribution >= 0.6 is 0 Å². The molecule has 0 aliphatic heterocycles. The molecule has 0 aromatic rings. The molecule has 1 aliphatic carbocycles. The predicted molar refractivity (Wildman–Crippen MR) is 37.0 cm³/mol. The second-order valence-corrected chi connectivity index (χ2v) is 3.10. The first-order valence-corrected chi connectivity index (χ1v) is 3.61. The van der Waals surface area contributed by atoms with Gasteiger partial charge in [-0.05, 0) is 18.8 Å². The summed E-state index contributed by atoms with van der Waals surface area (Å²) in [7, 11) is 0. The molecule has 2 nitrogen and oxygen atoms in total. The van der Waals surface area contributed by atoms with E-state index in [-0.39, 0.29) is 0 Å². The smallest absolute Gasteiger partial charge is 0.0794 e. The van der Waals surface area contributed by atoms with Crippen molar-refractivity contribution in [1.82, 2.24) is 0 Å². The lowest BCUT2D eigenvalue weighted by Crippen LogP contribution is -2.39. The highest BCUT2D eigenvalue weighted by Crippen LogP contribution is 2.33. The third kappa shape index (κ3) is 1.10. The molecule has 0 heterocycles. The molecule has 0 radical (unpaired) electrons. The Morgan fingerprint density at radius 2 is 2.44 bits per heavy atom. The summed E-state index contributed by atoms with van der Waals surface area (Å²) in [4.78, 5) is 0. The number of hydrogen-bond acceptors (Lipinski definition) is 2. The van der Waals surface area contributed by atoms with Crippen molar-refractivity contribution in [3.63, 3.8) is 0 Å². The van der Waals surface area contributed by atoms with Crippen molar-refractivity contribution in [3.8, 4) is 0 Å². The van der Waals surface area contributed by atoms with E-state index in [2.05, 4.69) is 6.92 Å². The van der Waals surface area contributed by atoms with Gasteiger partial charge in [0.2, 0.25) is 0 Å². The molecule has 0 saturated heterocycles. The van der Waals surface area contributed by atoms with Gasteiger partial charge < -0.3 is 10.8 Å². The zero-order chi connectivity index (χ0) is 6.91. The van der Waals surface area contributed by atoms with Crippen LogP contribution in [0, 0.1) is 5.92 Å². The van der Waals surface area contributed by atoms with Crippen LogP contribution in [0.1, 0.15) is 26.2 Å². The summed E-state index contributed by atoms with van der Waals surface area (Å²) >= 11 is 0. The minimum Gasteiger partial charge on any atom is -0.388 e. The van der Waals surface area contributed by atoms with E-state index in [0.29, 0.717) is 12.5 Å². The Kier molecular flexibility index (Phi) is 1.78. The molecule has 1 aliphatic rings. The Morgan fingerprint density at radius 3 is 2.67 bits per heavy atom. The SMILES string of the molecule is CC1CCCC1(O)CN.